The maximum Gasteiger partial charge on any atom is 0.235 e. The first-order valence-corrected chi connectivity index (χ1v) is 12.5. The lowest BCUT2D eigenvalue weighted by Gasteiger charge is -2.52. The van der Waals surface area contributed by atoms with E-state index in [0.717, 1.165) is 0 Å². The van der Waals surface area contributed by atoms with Gasteiger partial charge in [-0.3, -0.25) is 28.9 Å². The Balaban J connectivity index is 1.69. The van der Waals surface area contributed by atoms with Gasteiger partial charge in [-0.05, 0) is 50.6 Å². The number of nitrogens with zero attached hydrogens (tertiary/aromatic N) is 4. The van der Waals surface area contributed by atoms with Gasteiger partial charge in [0, 0.05) is 38.1 Å². The summed E-state index contributed by atoms with van der Waals surface area (Å²) >= 11 is 0. The zero-order valence-corrected chi connectivity index (χ0v) is 21.9. The quantitative estimate of drug-likeness (QED) is 0.424. The Morgan fingerprint density at radius 2 is 1.72 bits per heavy atom. The minimum Gasteiger partial charge on any atom is -0.506 e. The zero-order valence-electron chi connectivity index (χ0n) is 21.9. The number of phenolic OH excluding ortho intramolecular Hbond substituents is 1. The average molecular weight is 536 g/mol. The van der Waals surface area contributed by atoms with Gasteiger partial charge in [-0.1, -0.05) is 0 Å². The lowest BCUT2D eigenvalue weighted by molar-refractivity contribution is -0.181. The molecule has 204 valence electrons. The fourth-order valence-corrected chi connectivity index (χ4v) is 6.66. The van der Waals surface area contributed by atoms with Gasteiger partial charge in [-0.2, -0.15) is 0 Å². The molecule has 2 fully saturated rings. The van der Waals surface area contributed by atoms with Gasteiger partial charge in [0.05, 0.1) is 23.1 Å². The van der Waals surface area contributed by atoms with Gasteiger partial charge in [0.1, 0.15) is 5.75 Å². The molecule has 1 aromatic heterocycles. The van der Waals surface area contributed by atoms with Gasteiger partial charge >= 0.3 is 0 Å². The third kappa shape index (κ3) is 3.62. The summed E-state index contributed by atoms with van der Waals surface area (Å²) in [6.07, 6.45) is 3.13. The molecule has 0 aliphatic heterocycles. The molecule has 6 atom stereocenters. The number of aliphatic hydroxyl groups is 1. The van der Waals surface area contributed by atoms with Crippen LogP contribution in [0.3, 0.4) is 0 Å². The molecule has 1 amide bonds. The Kier molecular flexibility index (Phi) is 6.15. The van der Waals surface area contributed by atoms with E-state index in [9.17, 15) is 34.2 Å². The number of fused-ring (bicyclic) bond motifs is 3. The minimum absolute atomic E-state index is 0.0128. The molecule has 0 bridgehead atoms. The smallest absolute Gasteiger partial charge is 0.235 e. The van der Waals surface area contributed by atoms with Crippen molar-refractivity contribution in [2.75, 3.05) is 33.1 Å². The summed E-state index contributed by atoms with van der Waals surface area (Å²) in [6.45, 7) is 0. The van der Waals surface area contributed by atoms with Crippen molar-refractivity contribution in [1.82, 2.24) is 14.9 Å². The number of phenols is 1. The number of aromatic hydroxyl groups is 1. The summed E-state index contributed by atoms with van der Waals surface area (Å²) in [6, 6.07) is 2.13. The maximum absolute atomic E-state index is 14.0. The van der Waals surface area contributed by atoms with E-state index in [2.05, 4.69) is 9.97 Å². The van der Waals surface area contributed by atoms with Gasteiger partial charge in [0.15, 0.2) is 40.5 Å². The molecule has 12 heteroatoms. The summed E-state index contributed by atoms with van der Waals surface area (Å²) in [5.74, 6) is -10.7. The number of hydrogen-bond acceptors (Lipinski definition) is 11. The number of carbonyl (C=O) groups is 5. The van der Waals surface area contributed by atoms with Crippen LogP contribution < -0.4 is 10.6 Å². The number of nitrogens with two attached hydrogens (primary N) is 1. The van der Waals surface area contributed by atoms with Crippen LogP contribution >= 0.6 is 0 Å². The highest BCUT2D eigenvalue weighted by Gasteiger charge is 2.69. The summed E-state index contributed by atoms with van der Waals surface area (Å²) in [4.78, 5) is 78.3. The van der Waals surface area contributed by atoms with Crippen LogP contribution in [0.1, 0.15) is 22.3 Å². The fourth-order valence-electron chi connectivity index (χ4n) is 6.66. The highest BCUT2D eigenvalue weighted by atomic mass is 16.3. The van der Waals surface area contributed by atoms with Crippen molar-refractivity contribution in [3.8, 4) is 17.1 Å². The van der Waals surface area contributed by atoms with Crippen LogP contribution in [0, 0.1) is 23.7 Å². The Morgan fingerprint density at radius 1 is 1.08 bits per heavy atom. The van der Waals surface area contributed by atoms with E-state index in [4.69, 9.17) is 5.73 Å². The number of Topliss-reactive ketones (excluding diaryl/α,β-unsaturated/α-hetero) is 4. The van der Waals surface area contributed by atoms with Gasteiger partial charge in [-0.25, -0.2) is 9.97 Å². The minimum atomic E-state index is -2.77. The van der Waals surface area contributed by atoms with Crippen LogP contribution in [0.25, 0.3) is 11.4 Å². The van der Waals surface area contributed by atoms with Crippen molar-refractivity contribution < 1.29 is 34.2 Å². The van der Waals surface area contributed by atoms with Crippen molar-refractivity contribution in [3.63, 3.8) is 0 Å². The number of rotatable bonds is 4. The number of hydrogen-bond donors (Lipinski definition) is 3. The molecule has 39 heavy (non-hydrogen) atoms. The van der Waals surface area contributed by atoms with Crippen LogP contribution in [0.5, 0.6) is 5.75 Å². The van der Waals surface area contributed by atoms with E-state index < -0.39 is 70.1 Å². The lowest BCUT2D eigenvalue weighted by Crippen LogP contribution is -2.74. The maximum atomic E-state index is 14.0. The normalized spacial score (nSPS) is 30.1. The SMILES string of the molecule is CN(C)c1cc(-c2ncccn2)c(O)c2c1C[C@H]1C[C@H]3[C@H](N(C)C)C(=O)C(C(N)=O)C(=O)[C@@]3(O)C(=O)C1C2=O. The number of carbonyl (C=O) groups excluding carboxylic acids is 5. The third-order valence-corrected chi connectivity index (χ3v) is 8.33. The van der Waals surface area contributed by atoms with E-state index in [0.29, 0.717) is 11.3 Å². The fraction of sp³-hybridized carbons (Fsp3) is 0.444. The molecule has 2 aromatic rings. The van der Waals surface area contributed by atoms with E-state index in [1.54, 1.807) is 45.2 Å². The second-order valence-electron chi connectivity index (χ2n) is 10.9. The van der Waals surface area contributed by atoms with Gasteiger partial charge in [0.25, 0.3) is 0 Å². The molecule has 12 nitrogen and oxygen atoms in total. The molecule has 0 radical (unpaired) electrons. The Labute approximate surface area is 223 Å². The van der Waals surface area contributed by atoms with Crippen molar-refractivity contribution in [2.24, 2.45) is 29.4 Å². The molecule has 1 aromatic carbocycles. The van der Waals surface area contributed by atoms with E-state index in [1.165, 1.54) is 17.3 Å². The second-order valence-corrected chi connectivity index (χ2v) is 10.9. The molecule has 0 saturated heterocycles. The zero-order chi connectivity index (χ0) is 28.5. The highest BCUT2D eigenvalue weighted by molar-refractivity contribution is 6.32. The topological polar surface area (TPSA) is 184 Å². The first kappa shape index (κ1) is 26.6. The number of primary amides is 1. The molecule has 3 aliphatic carbocycles. The van der Waals surface area contributed by atoms with Crippen LogP contribution in [-0.4, -0.2) is 94.0 Å². The first-order valence-electron chi connectivity index (χ1n) is 12.5. The van der Waals surface area contributed by atoms with Gasteiger partial charge in [0.2, 0.25) is 5.91 Å². The van der Waals surface area contributed by atoms with Crippen molar-refractivity contribution in [2.45, 2.75) is 24.5 Å². The number of likely N-dealkylation sites (N-methyl/N-ethyl adjacent to an activating group) is 1. The summed E-state index contributed by atoms with van der Waals surface area (Å²) in [5.41, 5.74) is 3.79. The molecule has 2 unspecified atom stereocenters. The van der Waals surface area contributed by atoms with E-state index in [1.807, 2.05) is 0 Å². The van der Waals surface area contributed by atoms with Crippen LogP contribution in [0.2, 0.25) is 0 Å². The van der Waals surface area contributed by atoms with Crippen molar-refractivity contribution in [1.29, 1.82) is 0 Å². The largest absolute Gasteiger partial charge is 0.506 e. The van der Waals surface area contributed by atoms with Crippen LogP contribution in [-0.2, 0) is 25.6 Å². The number of anilines is 1. The number of aromatic nitrogens is 2. The summed E-state index contributed by atoms with van der Waals surface area (Å²) < 4.78 is 0. The molecule has 4 N–H and O–H groups in total. The first-order chi connectivity index (χ1) is 18.3. The Bertz CT molecular complexity index is 1440. The highest BCUT2D eigenvalue weighted by Crippen LogP contribution is 2.52. The van der Waals surface area contributed by atoms with E-state index in [-0.39, 0.29) is 29.8 Å². The standard InChI is InChI=1S/C27H29N5O7/c1-31(2)15-10-13(26-29-6-5-7-30-26)20(33)17-12(15)8-11-9-14-19(32(3)4)22(35)18(25(28)38)24(37)27(14,39)23(36)16(11)21(17)34/h5-7,10-11,14,16,18-19,33,39H,8-9H2,1-4H3,(H2,28,38)/t11-,14-,16?,18?,19-,27-/m0/s1. The number of amides is 1. The van der Waals surface area contributed by atoms with Crippen molar-refractivity contribution >= 4 is 34.7 Å². The van der Waals surface area contributed by atoms with Crippen molar-refractivity contribution in [3.05, 3.63) is 35.7 Å². The lowest BCUT2D eigenvalue weighted by atomic mass is 9.52. The molecular formula is C27H29N5O7. The predicted molar refractivity (Wildman–Crippen MR) is 137 cm³/mol. The van der Waals surface area contributed by atoms with Crippen LogP contribution in [0.15, 0.2) is 24.5 Å². The van der Waals surface area contributed by atoms with Gasteiger partial charge in [-0.15, -0.1) is 0 Å². The summed E-state index contributed by atoms with van der Waals surface area (Å²) in [5, 5.41) is 23.0. The molecule has 5 rings (SSSR count). The molecule has 2 saturated carbocycles. The van der Waals surface area contributed by atoms with E-state index >= 15 is 0 Å². The monoisotopic (exact) mass is 535 g/mol. The second kappa shape index (κ2) is 9.02. The predicted octanol–water partition coefficient (Wildman–Crippen LogP) is -0.610. The van der Waals surface area contributed by atoms with Gasteiger partial charge < -0.3 is 20.8 Å². The Hall–Kier alpha value is -4.03. The summed E-state index contributed by atoms with van der Waals surface area (Å²) in [7, 11) is 6.64. The molecule has 3 aliphatic rings. The van der Waals surface area contributed by atoms with Crippen LogP contribution in [0.4, 0.5) is 5.69 Å². The Morgan fingerprint density at radius 3 is 2.28 bits per heavy atom. The molecular weight excluding hydrogens is 506 g/mol. The molecule has 0 spiro atoms. The number of benzene rings is 1. The molecule has 1 heterocycles. The number of ketones is 4. The third-order valence-electron chi connectivity index (χ3n) is 8.33. The average Bonchev–Trinajstić information content (AvgIpc) is 2.86.